The second kappa shape index (κ2) is 7.14. The third kappa shape index (κ3) is 4.28. The third-order valence-electron chi connectivity index (χ3n) is 2.93. The summed E-state index contributed by atoms with van der Waals surface area (Å²) >= 11 is 0. The van der Waals surface area contributed by atoms with Crippen molar-refractivity contribution >= 4 is 16.9 Å². The standard InChI is InChI=1S/C9H10O2.C8H7N/c10-9(11)7-6-8-4-2-1-3-5-8;1-2-4-8-7(3-1)5-6-9-8/h1-5H,6-7H2,(H,10,11);1-6,9H. The lowest BCUT2D eigenvalue weighted by atomic mass is 10.1. The molecule has 0 atom stereocenters. The summed E-state index contributed by atoms with van der Waals surface area (Å²) in [5.74, 6) is -0.742. The first-order valence-electron chi connectivity index (χ1n) is 6.53. The molecule has 3 nitrogen and oxygen atoms in total. The minimum Gasteiger partial charge on any atom is -0.481 e. The molecule has 102 valence electrons. The maximum atomic E-state index is 10.2. The second-order valence-corrected chi connectivity index (χ2v) is 4.44. The van der Waals surface area contributed by atoms with Gasteiger partial charge in [-0.15, -0.1) is 0 Å². The Hall–Kier alpha value is -2.55. The first kappa shape index (κ1) is 13.9. The summed E-state index contributed by atoms with van der Waals surface area (Å²) in [5, 5.41) is 9.65. The topological polar surface area (TPSA) is 53.1 Å². The molecule has 0 saturated heterocycles. The number of aromatic nitrogens is 1. The molecule has 0 unspecified atom stereocenters. The van der Waals surface area contributed by atoms with Crippen molar-refractivity contribution in [2.75, 3.05) is 0 Å². The molecular formula is C17H17NO2. The van der Waals surface area contributed by atoms with Crippen LogP contribution < -0.4 is 0 Å². The van der Waals surface area contributed by atoms with E-state index in [2.05, 4.69) is 23.2 Å². The minimum atomic E-state index is -0.742. The molecule has 0 fully saturated rings. The van der Waals surface area contributed by atoms with Gasteiger partial charge in [-0.25, -0.2) is 0 Å². The number of hydrogen-bond acceptors (Lipinski definition) is 1. The zero-order valence-corrected chi connectivity index (χ0v) is 11.1. The lowest BCUT2D eigenvalue weighted by Gasteiger charge is -1.95. The summed E-state index contributed by atoms with van der Waals surface area (Å²) in [4.78, 5) is 13.3. The number of hydrogen-bond donors (Lipinski definition) is 2. The molecule has 0 radical (unpaired) electrons. The van der Waals surface area contributed by atoms with Crippen molar-refractivity contribution in [3.8, 4) is 0 Å². The van der Waals surface area contributed by atoms with Gasteiger partial charge in [0.05, 0.1) is 0 Å². The number of aromatic amines is 1. The fourth-order valence-electron chi connectivity index (χ4n) is 1.89. The van der Waals surface area contributed by atoms with E-state index < -0.39 is 5.97 Å². The Labute approximate surface area is 117 Å². The van der Waals surface area contributed by atoms with Crippen molar-refractivity contribution < 1.29 is 9.90 Å². The fraction of sp³-hybridized carbons (Fsp3) is 0.118. The maximum Gasteiger partial charge on any atom is 0.303 e. The Kier molecular flexibility index (Phi) is 4.95. The number of carboxylic acids is 1. The number of fused-ring (bicyclic) bond motifs is 1. The second-order valence-electron chi connectivity index (χ2n) is 4.44. The summed E-state index contributed by atoms with van der Waals surface area (Å²) in [6.45, 7) is 0. The molecule has 1 heterocycles. The van der Waals surface area contributed by atoms with E-state index in [4.69, 9.17) is 5.11 Å². The molecule has 3 heteroatoms. The highest BCUT2D eigenvalue weighted by Gasteiger charge is 1.96. The van der Waals surface area contributed by atoms with E-state index in [1.54, 1.807) is 0 Å². The summed E-state index contributed by atoms with van der Waals surface area (Å²) in [5.41, 5.74) is 2.28. The molecule has 0 saturated carbocycles. The number of H-pyrrole nitrogens is 1. The molecule has 0 spiro atoms. The Morgan fingerprint density at radius 2 is 1.65 bits per heavy atom. The van der Waals surface area contributed by atoms with Crippen molar-refractivity contribution in [1.29, 1.82) is 0 Å². The highest BCUT2D eigenvalue weighted by atomic mass is 16.4. The largest absolute Gasteiger partial charge is 0.481 e. The molecule has 0 amide bonds. The Bertz CT molecular complexity index is 629. The number of nitrogens with one attached hydrogen (secondary N) is 1. The fourth-order valence-corrected chi connectivity index (χ4v) is 1.89. The van der Waals surface area contributed by atoms with E-state index in [1.165, 1.54) is 10.9 Å². The zero-order valence-electron chi connectivity index (χ0n) is 11.1. The Morgan fingerprint density at radius 1 is 0.950 bits per heavy atom. The van der Waals surface area contributed by atoms with E-state index in [1.807, 2.05) is 48.7 Å². The van der Waals surface area contributed by atoms with Crippen LogP contribution in [0.3, 0.4) is 0 Å². The van der Waals surface area contributed by atoms with Crippen molar-refractivity contribution in [2.45, 2.75) is 12.8 Å². The van der Waals surface area contributed by atoms with Crippen molar-refractivity contribution in [3.63, 3.8) is 0 Å². The first-order valence-corrected chi connectivity index (χ1v) is 6.53. The lowest BCUT2D eigenvalue weighted by molar-refractivity contribution is -0.136. The van der Waals surface area contributed by atoms with Crippen LogP contribution in [0, 0.1) is 0 Å². The smallest absolute Gasteiger partial charge is 0.303 e. The average Bonchev–Trinajstić information content (AvgIpc) is 2.95. The van der Waals surface area contributed by atoms with Gasteiger partial charge in [0.2, 0.25) is 0 Å². The normalized spacial score (nSPS) is 9.80. The van der Waals surface area contributed by atoms with E-state index in [0.717, 1.165) is 5.56 Å². The summed E-state index contributed by atoms with van der Waals surface area (Å²) in [7, 11) is 0. The van der Waals surface area contributed by atoms with Crippen LogP contribution in [-0.2, 0) is 11.2 Å². The molecular weight excluding hydrogens is 250 g/mol. The molecule has 1 aromatic heterocycles. The molecule has 3 aromatic rings. The van der Waals surface area contributed by atoms with E-state index >= 15 is 0 Å². The van der Waals surface area contributed by atoms with Crippen LogP contribution in [-0.4, -0.2) is 16.1 Å². The van der Waals surface area contributed by atoms with Crippen LogP contribution in [0.4, 0.5) is 0 Å². The summed E-state index contributed by atoms with van der Waals surface area (Å²) in [6.07, 6.45) is 2.78. The third-order valence-corrected chi connectivity index (χ3v) is 2.93. The van der Waals surface area contributed by atoms with Crippen LogP contribution in [0.15, 0.2) is 66.9 Å². The average molecular weight is 267 g/mol. The van der Waals surface area contributed by atoms with Gasteiger partial charge in [0.25, 0.3) is 0 Å². The number of carboxylic acid groups (broad SMARTS) is 1. The van der Waals surface area contributed by atoms with Gasteiger partial charge in [-0.05, 0) is 29.5 Å². The highest BCUT2D eigenvalue weighted by molar-refractivity contribution is 5.78. The van der Waals surface area contributed by atoms with Crippen LogP contribution >= 0.6 is 0 Å². The van der Waals surface area contributed by atoms with E-state index in [0.29, 0.717) is 6.42 Å². The number of benzene rings is 2. The molecule has 3 rings (SSSR count). The van der Waals surface area contributed by atoms with Gasteiger partial charge in [-0.2, -0.15) is 0 Å². The van der Waals surface area contributed by atoms with Gasteiger partial charge in [0.1, 0.15) is 0 Å². The summed E-state index contributed by atoms with van der Waals surface area (Å²) < 4.78 is 0. The van der Waals surface area contributed by atoms with E-state index in [-0.39, 0.29) is 6.42 Å². The number of carbonyl (C=O) groups is 1. The Morgan fingerprint density at radius 3 is 2.35 bits per heavy atom. The molecule has 0 bridgehead atoms. The maximum absolute atomic E-state index is 10.2. The quantitative estimate of drug-likeness (QED) is 0.756. The first-order chi connectivity index (χ1) is 9.75. The van der Waals surface area contributed by atoms with Gasteiger partial charge in [-0.1, -0.05) is 48.5 Å². The molecule has 0 aliphatic rings. The summed E-state index contributed by atoms with van der Waals surface area (Å²) in [6, 6.07) is 19.9. The molecule has 2 aromatic carbocycles. The monoisotopic (exact) mass is 267 g/mol. The van der Waals surface area contributed by atoms with Crippen LogP contribution in [0.25, 0.3) is 10.9 Å². The number of aryl methyl sites for hydroxylation is 1. The number of rotatable bonds is 3. The van der Waals surface area contributed by atoms with E-state index in [9.17, 15) is 4.79 Å². The predicted molar refractivity (Wildman–Crippen MR) is 80.7 cm³/mol. The lowest BCUT2D eigenvalue weighted by Crippen LogP contribution is -1.96. The molecule has 20 heavy (non-hydrogen) atoms. The highest BCUT2D eigenvalue weighted by Crippen LogP contribution is 2.09. The molecule has 2 N–H and O–H groups in total. The van der Waals surface area contributed by atoms with Gasteiger partial charge >= 0.3 is 5.97 Å². The van der Waals surface area contributed by atoms with Gasteiger partial charge in [0, 0.05) is 18.1 Å². The van der Waals surface area contributed by atoms with Gasteiger partial charge in [-0.3, -0.25) is 4.79 Å². The van der Waals surface area contributed by atoms with Crippen molar-refractivity contribution in [1.82, 2.24) is 4.98 Å². The van der Waals surface area contributed by atoms with Gasteiger partial charge in [0.15, 0.2) is 0 Å². The number of aliphatic carboxylic acids is 1. The predicted octanol–water partition coefficient (Wildman–Crippen LogP) is 3.87. The Balaban J connectivity index is 0.000000149. The van der Waals surface area contributed by atoms with Crippen LogP contribution in [0.1, 0.15) is 12.0 Å². The SMILES string of the molecule is O=C(O)CCc1ccccc1.c1ccc2[nH]ccc2c1. The van der Waals surface area contributed by atoms with Gasteiger partial charge < -0.3 is 10.1 Å². The van der Waals surface area contributed by atoms with Crippen LogP contribution in [0.2, 0.25) is 0 Å². The molecule has 0 aliphatic heterocycles. The number of para-hydroxylation sites is 1. The minimum absolute atomic E-state index is 0.212. The van der Waals surface area contributed by atoms with Crippen molar-refractivity contribution in [3.05, 3.63) is 72.4 Å². The van der Waals surface area contributed by atoms with Crippen LogP contribution in [0.5, 0.6) is 0 Å². The molecule has 0 aliphatic carbocycles. The van der Waals surface area contributed by atoms with Crippen molar-refractivity contribution in [2.24, 2.45) is 0 Å². The zero-order chi connectivity index (χ0) is 14.2.